The molecule has 0 N–H and O–H groups in total. The maximum Gasteiger partial charge on any atom is 0.233 e. The molecule has 0 spiro atoms. The second-order valence-corrected chi connectivity index (χ2v) is 5.25. The normalized spacial score (nSPS) is 15.0. The van der Waals surface area contributed by atoms with Crippen LogP contribution in [-0.4, -0.2) is 19.5 Å². The highest BCUT2D eigenvalue weighted by Gasteiger charge is 2.27. The Morgan fingerprint density at radius 1 is 1.05 bits per heavy atom. The molecule has 0 fully saturated rings. The lowest BCUT2D eigenvalue weighted by Crippen LogP contribution is -2.25. The van der Waals surface area contributed by atoms with Crippen LogP contribution in [0.15, 0.2) is 48.5 Å². The molecule has 1 aliphatic heterocycles. The average Bonchev–Trinajstić information content (AvgIpc) is 2.59. The standard InChI is InChI=1S/C16H15ClN2O/c1-18-11-10-15(20)19(12-6-3-2-4-7-12)16-13(17)8-5-9-14(16)18/h2-9H,10-11H2,1H3. The average molecular weight is 287 g/mol. The third-order valence-electron chi connectivity index (χ3n) is 3.53. The Balaban J connectivity index is 2.23. The van der Waals surface area contributed by atoms with Crippen LogP contribution < -0.4 is 9.80 Å². The van der Waals surface area contributed by atoms with E-state index in [2.05, 4.69) is 4.90 Å². The number of anilines is 3. The Bertz CT molecular complexity index is 642. The van der Waals surface area contributed by atoms with Gasteiger partial charge in [-0.15, -0.1) is 0 Å². The number of carbonyl (C=O) groups excluding carboxylic acids is 1. The van der Waals surface area contributed by atoms with Crippen molar-refractivity contribution in [3.63, 3.8) is 0 Å². The molecular weight excluding hydrogens is 272 g/mol. The van der Waals surface area contributed by atoms with Gasteiger partial charge in [0.1, 0.15) is 0 Å². The van der Waals surface area contributed by atoms with Crippen molar-refractivity contribution in [3.05, 3.63) is 53.6 Å². The van der Waals surface area contributed by atoms with Crippen LogP contribution in [0.3, 0.4) is 0 Å². The quantitative estimate of drug-likeness (QED) is 0.795. The number of hydrogen-bond acceptors (Lipinski definition) is 2. The lowest BCUT2D eigenvalue weighted by Gasteiger charge is -2.25. The molecule has 102 valence electrons. The summed E-state index contributed by atoms with van der Waals surface area (Å²) in [6, 6.07) is 15.4. The molecule has 4 heteroatoms. The van der Waals surface area contributed by atoms with Gasteiger partial charge in [-0.05, 0) is 24.3 Å². The van der Waals surface area contributed by atoms with Gasteiger partial charge in [0.15, 0.2) is 0 Å². The Hall–Kier alpha value is -2.00. The zero-order valence-corrected chi connectivity index (χ0v) is 12.0. The van der Waals surface area contributed by atoms with Crippen molar-refractivity contribution < 1.29 is 4.79 Å². The SMILES string of the molecule is CN1CCC(=O)N(c2ccccc2)c2c(Cl)cccc21. The molecule has 0 bridgehead atoms. The minimum atomic E-state index is 0.0647. The van der Waals surface area contributed by atoms with Crippen molar-refractivity contribution in [2.24, 2.45) is 0 Å². The first-order valence-corrected chi connectivity index (χ1v) is 6.94. The summed E-state index contributed by atoms with van der Waals surface area (Å²) in [6.07, 6.45) is 0.469. The molecule has 0 atom stereocenters. The molecule has 0 unspecified atom stereocenters. The fourth-order valence-electron chi connectivity index (χ4n) is 2.50. The fourth-order valence-corrected chi connectivity index (χ4v) is 2.76. The highest BCUT2D eigenvalue weighted by atomic mass is 35.5. The van der Waals surface area contributed by atoms with Crippen LogP contribution in [0.25, 0.3) is 0 Å². The smallest absolute Gasteiger partial charge is 0.233 e. The van der Waals surface area contributed by atoms with Gasteiger partial charge in [0.25, 0.3) is 0 Å². The van der Waals surface area contributed by atoms with Gasteiger partial charge in [0.2, 0.25) is 5.91 Å². The Kier molecular flexibility index (Phi) is 3.36. The number of carbonyl (C=O) groups is 1. The Morgan fingerprint density at radius 3 is 2.55 bits per heavy atom. The molecule has 0 saturated carbocycles. The lowest BCUT2D eigenvalue weighted by molar-refractivity contribution is -0.117. The van der Waals surface area contributed by atoms with Crippen molar-refractivity contribution >= 4 is 34.6 Å². The number of nitrogens with zero attached hydrogens (tertiary/aromatic N) is 2. The minimum Gasteiger partial charge on any atom is -0.372 e. The van der Waals surface area contributed by atoms with Gasteiger partial charge >= 0.3 is 0 Å². The van der Waals surface area contributed by atoms with Crippen molar-refractivity contribution in [3.8, 4) is 0 Å². The molecule has 0 radical (unpaired) electrons. The zero-order chi connectivity index (χ0) is 14.1. The maximum atomic E-state index is 12.5. The Morgan fingerprint density at radius 2 is 1.80 bits per heavy atom. The van der Waals surface area contributed by atoms with Crippen LogP contribution in [0.2, 0.25) is 5.02 Å². The van der Waals surface area contributed by atoms with Crippen LogP contribution in [0.4, 0.5) is 17.1 Å². The van der Waals surface area contributed by atoms with Crippen molar-refractivity contribution in [2.45, 2.75) is 6.42 Å². The maximum absolute atomic E-state index is 12.5. The summed E-state index contributed by atoms with van der Waals surface area (Å²) in [4.78, 5) is 16.3. The van der Waals surface area contributed by atoms with E-state index in [4.69, 9.17) is 11.6 Å². The number of rotatable bonds is 1. The van der Waals surface area contributed by atoms with Crippen LogP contribution in [-0.2, 0) is 4.79 Å². The van der Waals surface area contributed by atoms with Gasteiger partial charge in [0.05, 0.1) is 16.4 Å². The van der Waals surface area contributed by atoms with Crippen molar-refractivity contribution in [1.29, 1.82) is 0 Å². The number of amides is 1. The molecule has 3 nitrogen and oxygen atoms in total. The lowest BCUT2D eigenvalue weighted by atomic mass is 10.2. The number of benzene rings is 2. The molecule has 3 rings (SSSR count). The molecule has 1 heterocycles. The molecule has 1 amide bonds. The first kappa shape index (κ1) is 13.0. The summed E-state index contributed by atoms with van der Waals surface area (Å²) in [5, 5.41) is 0.591. The number of fused-ring (bicyclic) bond motifs is 1. The molecule has 2 aromatic carbocycles. The van der Waals surface area contributed by atoms with E-state index in [1.165, 1.54) is 0 Å². The monoisotopic (exact) mass is 286 g/mol. The summed E-state index contributed by atoms with van der Waals surface area (Å²) in [5.74, 6) is 0.0647. The zero-order valence-electron chi connectivity index (χ0n) is 11.2. The molecule has 1 aliphatic rings. The summed E-state index contributed by atoms with van der Waals surface area (Å²) >= 11 is 6.37. The first-order valence-electron chi connectivity index (χ1n) is 6.56. The molecule has 0 aromatic heterocycles. The summed E-state index contributed by atoms with van der Waals surface area (Å²) in [7, 11) is 1.98. The van der Waals surface area contributed by atoms with E-state index in [1.807, 2.05) is 55.6 Å². The van der Waals surface area contributed by atoms with Crippen molar-refractivity contribution in [2.75, 3.05) is 23.4 Å². The largest absolute Gasteiger partial charge is 0.372 e. The minimum absolute atomic E-state index is 0.0647. The second-order valence-electron chi connectivity index (χ2n) is 4.84. The first-order chi connectivity index (χ1) is 9.68. The third-order valence-corrected chi connectivity index (χ3v) is 3.83. The molecule has 20 heavy (non-hydrogen) atoms. The fraction of sp³-hybridized carbons (Fsp3) is 0.188. The molecule has 2 aromatic rings. The summed E-state index contributed by atoms with van der Waals surface area (Å²) < 4.78 is 0. The topological polar surface area (TPSA) is 23.6 Å². The highest BCUT2D eigenvalue weighted by Crippen LogP contribution is 2.41. The number of halogens is 1. The van der Waals surface area contributed by atoms with Gasteiger partial charge in [-0.2, -0.15) is 0 Å². The highest BCUT2D eigenvalue weighted by molar-refractivity contribution is 6.35. The second kappa shape index (κ2) is 5.17. The predicted molar refractivity (Wildman–Crippen MR) is 82.9 cm³/mol. The van der Waals surface area contributed by atoms with Crippen LogP contribution >= 0.6 is 11.6 Å². The van der Waals surface area contributed by atoms with Gasteiger partial charge in [-0.1, -0.05) is 35.9 Å². The van der Waals surface area contributed by atoms with Crippen LogP contribution in [0.5, 0.6) is 0 Å². The van der Waals surface area contributed by atoms with Crippen molar-refractivity contribution in [1.82, 2.24) is 0 Å². The van der Waals surface area contributed by atoms with E-state index >= 15 is 0 Å². The summed E-state index contributed by atoms with van der Waals surface area (Å²) in [6.45, 7) is 0.690. The van der Waals surface area contributed by atoms with E-state index in [1.54, 1.807) is 4.90 Å². The van der Waals surface area contributed by atoms with Gasteiger partial charge in [-0.3, -0.25) is 9.69 Å². The van der Waals surface area contributed by atoms with Crippen LogP contribution in [0, 0.1) is 0 Å². The third kappa shape index (κ3) is 2.14. The van der Waals surface area contributed by atoms with E-state index < -0.39 is 0 Å². The van der Waals surface area contributed by atoms with Gasteiger partial charge < -0.3 is 4.90 Å². The van der Waals surface area contributed by atoms with E-state index in [0.717, 1.165) is 17.1 Å². The molecular formula is C16H15ClN2O. The summed E-state index contributed by atoms with van der Waals surface area (Å²) in [5.41, 5.74) is 2.60. The number of hydrogen-bond donors (Lipinski definition) is 0. The van der Waals surface area contributed by atoms with Gasteiger partial charge in [-0.25, -0.2) is 0 Å². The molecule has 0 aliphatic carbocycles. The number of para-hydroxylation sites is 2. The predicted octanol–water partition coefficient (Wildman–Crippen LogP) is 3.84. The van der Waals surface area contributed by atoms with E-state index in [-0.39, 0.29) is 5.91 Å². The van der Waals surface area contributed by atoms with E-state index in [9.17, 15) is 4.79 Å². The Labute approximate surface area is 123 Å². The van der Waals surface area contributed by atoms with Crippen LogP contribution in [0.1, 0.15) is 6.42 Å². The van der Waals surface area contributed by atoms with E-state index in [0.29, 0.717) is 18.0 Å². The van der Waals surface area contributed by atoms with Gasteiger partial charge in [0, 0.05) is 25.7 Å². The molecule has 0 saturated heterocycles.